The van der Waals surface area contributed by atoms with Crippen molar-refractivity contribution in [2.45, 2.75) is 26.7 Å². The van der Waals surface area contributed by atoms with Gasteiger partial charge in [-0.15, -0.1) is 0 Å². The van der Waals surface area contributed by atoms with Gasteiger partial charge in [-0.1, -0.05) is 26.0 Å². The van der Waals surface area contributed by atoms with Crippen LogP contribution >= 0.6 is 22.6 Å². The molecule has 0 aliphatic carbocycles. The van der Waals surface area contributed by atoms with Gasteiger partial charge in [-0.2, -0.15) is 0 Å². The molecule has 5 heteroatoms. The Morgan fingerprint density at radius 1 is 1.30 bits per heavy atom. The summed E-state index contributed by atoms with van der Waals surface area (Å²) in [6, 6.07) is 7.34. The Labute approximate surface area is 133 Å². The second-order valence-corrected chi connectivity index (χ2v) is 6.45. The van der Waals surface area contributed by atoms with E-state index in [0.717, 1.165) is 9.99 Å². The number of aliphatic carboxylic acids is 1. The predicted molar refractivity (Wildman–Crippen MR) is 86.7 cm³/mol. The quantitative estimate of drug-likeness (QED) is 0.705. The van der Waals surface area contributed by atoms with Gasteiger partial charge in [0.05, 0.1) is 5.56 Å². The number of carbonyl (C=O) groups is 2. The summed E-state index contributed by atoms with van der Waals surface area (Å²) in [5.74, 6) is -0.584. The van der Waals surface area contributed by atoms with Crippen LogP contribution in [0.1, 0.15) is 37.0 Å². The van der Waals surface area contributed by atoms with E-state index in [9.17, 15) is 9.59 Å². The van der Waals surface area contributed by atoms with Gasteiger partial charge in [0.15, 0.2) is 0 Å². The number of hydrogen-bond donors (Lipinski definition) is 2. The summed E-state index contributed by atoms with van der Waals surface area (Å²) < 4.78 is 0.890. The van der Waals surface area contributed by atoms with E-state index in [1.54, 1.807) is 6.07 Å². The molecule has 0 heterocycles. The number of hydrogen-bond acceptors (Lipinski definition) is 2. The number of amides is 1. The van der Waals surface area contributed by atoms with Crippen LogP contribution in [-0.4, -0.2) is 23.5 Å². The van der Waals surface area contributed by atoms with Crippen molar-refractivity contribution < 1.29 is 14.7 Å². The number of carbonyl (C=O) groups excluding carboxylic acids is 1. The third-order valence-electron chi connectivity index (χ3n) is 2.94. The van der Waals surface area contributed by atoms with Crippen LogP contribution in [0.2, 0.25) is 0 Å². The van der Waals surface area contributed by atoms with Crippen molar-refractivity contribution in [2.75, 3.05) is 6.54 Å². The first-order chi connectivity index (χ1) is 9.40. The maximum atomic E-state index is 12.1. The molecule has 110 valence electrons. The molecule has 0 saturated heterocycles. The zero-order valence-corrected chi connectivity index (χ0v) is 13.9. The largest absolute Gasteiger partial charge is 0.481 e. The summed E-state index contributed by atoms with van der Waals surface area (Å²) in [6.07, 6.45) is 0.878. The summed E-state index contributed by atoms with van der Waals surface area (Å²) >= 11 is 2.12. The zero-order valence-electron chi connectivity index (χ0n) is 11.7. The molecule has 0 unspecified atom stereocenters. The number of carboxylic acid groups (broad SMARTS) is 1. The Morgan fingerprint density at radius 3 is 2.50 bits per heavy atom. The van der Waals surface area contributed by atoms with Gasteiger partial charge in [0.2, 0.25) is 0 Å². The van der Waals surface area contributed by atoms with Crippen LogP contribution < -0.4 is 5.32 Å². The molecule has 0 bridgehead atoms. The van der Waals surface area contributed by atoms with E-state index in [2.05, 4.69) is 41.8 Å². The molecule has 1 aromatic carbocycles. The van der Waals surface area contributed by atoms with E-state index >= 15 is 0 Å². The molecule has 20 heavy (non-hydrogen) atoms. The summed E-state index contributed by atoms with van der Waals surface area (Å²) in [7, 11) is 0. The first-order valence-electron chi connectivity index (χ1n) is 6.64. The number of benzene rings is 1. The van der Waals surface area contributed by atoms with Crippen molar-refractivity contribution in [1.29, 1.82) is 0 Å². The predicted octanol–water partition coefficient (Wildman–Crippen LogP) is 3.16. The standard InChI is InChI=1S/C15H20INO3/c1-10(2)7-11(8-14(18)19)9-17-15(20)12-5-3-4-6-13(12)16/h3-6,10-11H,7-9H2,1-2H3,(H,17,20)(H,18,19)/t11-/m0/s1. The molecule has 1 rings (SSSR count). The summed E-state index contributed by atoms with van der Waals surface area (Å²) in [4.78, 5) is 22.9. The van der Waals surface area contributed by atoms with Crippen LogP contribution in [0.4, 0.5) is 0 Å². The van der Waals surface area contributed by atoms with E-state index in [4.69, 9.17) is 5.11 Å². The maximum absolute atomic E-state index is 12.1. The van der Waals surface area contributed by atoms with Crippen LogP contribution in [0, 0.1) is 15.4 Å². The Hall–Kier alpha value is -1.11. The van der Waals surface area contributed by atoms with E-state index in [0.29, 0.717) is 18.0 Å². The molecular formula is C15H20INO3. The maximum Gasteiger partial charge on any atom is 0.303 e. The van der Waals surface area contributed by atoms with E-state index in [1.165, 1.54) is 0 Å². The summed E-state index contributed by atoms with van der Waals surface area (Å²) in [5, 5.41) is 11.8. The molecule has 0 aromatic heterocycles. The van der Waals surface area contributed by atoms with Gasteiger partial charge in [0, 0.05) is 16.5 Å². The fourth-order valence-electron chi connectivity index (χ4n) is 2.13. The third kappa shape index (κ3) is 5.90. The Morgan fingerprint density at radius 2 is 1.95 bits per heavy atom. The second-order valence-electron chi connectivity index (χ2n) is 5.28. The molecule has 1 atom stereocenters. The lowest BCUT2D eigenvalue weighted by Crippen LogP contribution is -2.31. The fourth-order valence-corrected chi connectivity index (χ4v) is 2.76. The van der Waals surface area contributed by atoms with Gasteiger partial charge in [0.25, 0.3) is 5.91 Å². The van der Waals surface area contributed by atoms with E-state index < -0.39 is 5.97 Å². The number of halogens is 1. The van der Waals surface area contributed by atoms with Crippen LogP contribution in [0.5, 0.6) is 0 Å². The molecule has 0 radical (unpaired) electrons. The number of carboxylic acids is 1. The highest BCUT2D eigenvalue weighted by atomic mass is 127. The van der Waals surface area contributed by atoms with Gasteiger partial charge >= 0.3 is 5.97 Å². The van der Waals surface area contributed by atoms with Gasteiger partial charge in [-0.25, -0.2) is 0 Å². The molecule has 0 fully saturated rings. The lowest BCUT2D eigenvalue weighted by molar-refractivity contribution is -0.138. The fraction of sp³-hybridized carbons (Fsp3) is 0.467. The topological polar surface area (TPSA) is 66.4 Å². The van der Waals surface area contributed by atoms with Crippen molar-refractivity contribution in [1.82, 2.24) is 5.32 Å². The first-order valence-corrected chi connectivity index (χ1v) is 7.72. The van der Waals surface area contributed by atoms with Crippen LogP contribution in [0.25, 0.3) is 0 Å². The molecule has 4 nitrogen and oxygen atoms in total. The molecular weight excluding hydrogens is 369 g/mol. The normalized spacial score (nSPS) is 12.2. The molecule has 0 saturated carbocycles. The minimum atomic E-state index is -0.820. The van der Waals surface area contributed by atoms with Crippen LogP contribution in [0.3, 0.4) is 0 Å². The smallest absolute Gasteiger partial charge is 0.303 e. The highest BCUT2D eigenvalue weighted by molar-refractivity contribution is 14.1. The SMILES string of the molecule is CC(C)C[C@H](CNC(=O)c1ccccc1I)CC(=O)O. The summed E-state index contributed by atoms with van der Waals surface area (Å²) in [5.41, 5.74) is 0.631. The van der Waals surface area contributed by atoms with E-state index in [1.807, 2.05) is 18.2 Å². The van der Waals surface area contributed by atoms with Crippen molar-refractivity contribution in [3.05, 3.63) is 33.4 Å². The first kappa shape index (κ1) is 16.9. The zero-order chi connectivity index (χ0) is 15.1. The minimum Gasteiger partial charge on any atom is -0.481 e. The van der Waals surface area contributed by atoms with Gasteiger partial charge in [0.1, 0.15) is 0 Å². The number of nitrogens with one attached hydrogen (secondary N) is 1. The Balaban J connectivity index is 2.60. The molecule has 1 aromatic rings. The summed E-state index contributed by atoms with van der Waals surface area (Å²) in [6.45, 7) is 4.50. The van der Waals surface area contributed by atoms with E-state index in [-0.39, 0.29) is 18.2 Å². The van der Waals surface area contributed by atoms with Crippen molar-refractivity contribution >= 4 is 34.5 Å². The molecule has 0 spiro atoms. The monoisotopic (exact) mass is 389 g/mol. The molecule has 1 amide bonds. The van der Waals surface area contributed by atoms with Gasteiger partial charge in [-0.05, 0) is 53.0 Å². The molecule has 0 aliphatic rings. The van der Waals surface area contributed by atoms with Crippen molar-refractivity contribution in [2.24, 2.45) is 11.8 Å². The van der Waals surface area contributed by atoms with Crippen LogP contribution in [-0.2, 0) is 4.79 Å². The van der Waals surface area contributed by atoms with Gasteiger partial charge < -0.3 is 10.4 Å². The highest BCUT2D eigenvalue weighted by Gasteiger charge is 2.17. The molecule has 0 aliphatic heterocycles. The van der Waals surface area contributed by atoms with Crippen molar-refractivity contribution in [3.63, 3.8) is 0 Å². The minimum absolute atomic E-state index is 0.0298. The Kier molecular flexibility index (Phi) is 6.98. The lowest BCUT2D eigenvalue weighted by atomic mass is 9.94. The van der Waals surface area contributed by atoms with Gasteiger partial charge in [-0.3, -0.25) is 9.59 Å². The second kappa shape index (κ2) is 8.24. The third-order valence-corrected chi connectivity index (χ3v) is 3.88. The van der Waals surface area contributed by atoms with Crippen molar-refractivity contribution in [3.8, 4) is 0 Å². The Bertz CT molecular complexity index is 474. The number of rotatable bonds is 7. The lowest BCUT2D eigenvalue weighted by Gasteiger charge is -2.18. The average molecular weight is 389 g/mol. The van der Waals surface area contributed by atoms with Crippen LogP contribution in [0.15, 0.2) is 24.3 Å². The molecule has 2 N–H and O–H groups in total. The average Bonchev–Trinajstić information content (AvgIpc) is 2.34. The highest BCUT2D eigenvalue weighted by Crippen LogP contribution is 2.16.